The van der Waals surface area contributed by atoms with E-state index in [4.69, 9.17) is 4.74 Å². The van der Waals surface area contributed by atoms with Crippen LogP contribution in [-0.2, 0) is 29.0 Å². The van der Waals surface area contributed by atoms with E-state index in [0.29, 0.717) is 16.5 Å². The molecule has 0 saturated carbocycles. The van der Waals surface area contributed by atoms with Crippen LogP contribution in [0.4, 0.5) is 5.69 Å². The average Bonchev–Trinajstić information content (AvgIpc) is 2.79. The van der Waals surface area contributed by atoms with Gasteiger partial charge in [0.2, 0.25) is 5.91 Å². The zero-order chi connectivity index (χ0) is 25.2. The summed E-state index contributed by atoms with van der Waals surface area (Å²) >= 11 is 1.06. The number of para-hydroxylation sites is 1. The Morgan fingerprint density at radius 1 is 1.09 bits per heavy atom. The molecule has 10 nitrogen and oxygen atoms in total. The van der Waals surface area contributed by atoms with E-state index in [1.54, 1.807) is 31.2 Å². The molecule has 0 aliphatic rings. The highest BCUT2D eigenvalue weighted by atomic mass is 32.2. The smallest absolute Gasteiger partial charge is 0.340 e. The van der Waals surface area contributed by atoms with E-state index in [-0.39, 0.29) is 29.0 Å². The van der Waals surface area contributed by atoms with Crippen LogP contribution in [0.25, 0.3) is 11.0 Å². The number of amides is 1. The van der Waals surface area contributed by atoms with Gasteiger partial charge in [-0.1, -0.05) is 44.7 Å². The minimum Gasteiger partial charge on any atom is -0.462 e. The van der Waals surface area contributed by atoms with Gasteiger partial charge < -0.3 is 10.1 Å². The van der Waals surface area contributed by atoms with Crippen molar-refractivity contribution in [2.75, 3.05) is 17.7 Å². The highest BCUT2D eigenvalue weighted by Crippen LogP contribution is 2.27. The van der Waals surface area contributed by atoms with E-state index in [1.165, 1.54) is 18.7 Å². The number of nitrogens with one attached hydrogen (secondary N) is 1. The van der Waals surface area contributed by atoms with Crippen LogP contribution in [0.15, 0.2) is 38.9 Å². The molecule has 2 aromatic heterocycles. The predicted molar refractivity (Wildman–Crippen MR) is 130 cm³/mol. The summed E-state index contributed by atoms with van der Waals surface area (Å²) in [7, 11) is 2.92. The number of nitrogens with zero attached hydrogens (tertiary/aromatic N) is 4. The molecule has 0 bridgehead atoms. The first-order valence-corrected chi connectivity index (χ1v) is 11.6. The molecule has 0 unspecified atom stereocenters. The molecular weight excluding hydrogens is 458 g/mol. The van der Waals surface area contributed by atoms with Gasteiger partial charge in [0.1, 0.15) is 16.2 Å². The fraction of sp³-hybridized carbons (Fsp3) is 0.391. The van der Waals surface area contributed by atoms with Gasteiger partial charge in [-0.2, -0.15) is 0 Å². The minimum atomic E-state index is -0.535. The topological polar surface area (TPSA) is 125 Å². The number of rotatable bonds is 6. The van der Waals surface area contributed by atoms with Gasteiger partial charge in [-0.05, 0) is 19.1 Å². The van der Waals surface area contributed by atoms with Crippen molar-refractivity contribution in [1.29, 1.82) is 0 Å². The monoisotopic (exact) mass is 485 g/mol. The fourth-order valence-electron chi connectivity index (χ4n) is 3.17. The zero-order valence-corrected chi connectivity index (χ0v) is 20.8. The molecular formula is C23H27N5O5S. The highest BCUT2D eigenvalue weighted by Gasteiger charge is 2.24. The van der Waals surface area contributed by atoms with Crippen LogP contribution < -0.4 is 16.6 Å². The van der Waals surface area contributed by atoms with E-state index >= 15 is 0 Å². The van der Waals surface area contributed by atoms with Crippen molar-refractivity contribution < 1.29 is 14.3 Å². The minimum absolute atomic E-state index is 0.0845. The Kier molecular flexibility index (Phi) is 7.25. The van der Waals surface area contributed by atoms with Crippen LogP contribution in [0.2, 0.25) is 0 Å². The van der Waals surface area contributed by atoms with Crippen LogP contribution in [0.3, 0.4) is 0 Å². The normalized spacial score (nSPS) is 11.5. The van der Waals surface area contributed by atoms with Crippen LogP contribution in [0.1, 0.15) is 43.9 Å². The Morgan fingerprint density at radius 2 is 1.76 bits per heavy atom. The SMILES string of the molecule is CCOC(=O)c1ccccc1NC(=O)CSc1nc(C(C)(C)C)nc2c1c(=O)n(C)c(=O)n2C. The van der Waals surface area contributed by atoms with Crippen LogP contribution in [0, 0.1) is 0 Å². The van der Waals surface area contributed by atoms with E-state index < -0.39 is 28.5 Å². The number of aryl methyl sites for hydroxylation is 1. The zero-order valence-electron chi connectivity index (χ0n) is 20.0. The number of ether oxygens (including phenoxy) is 1. The number of benzene rings is 1. The van der Waals surface area contributed by atoms with Gasteiger partial charge in [-0.3, -0.25) is 18.7 Å². The first-order valence-electron chi connectivity index (χ1n) is 10.6. The summed E-state index contributed by atoms with van der Waals surface area (Å²) in [5, 5.41) is 3.19. The second kappa shape index (κ2) is 9.80. The van der Waals surface area contributed by atoms with E-state index in [2.05, 4.69) is 15.3 Å². The van der Waals surface area contributed by atoms with Gasteiger partial charge in [0, 0.05) is 19.5 Å². The number of fused-ring (bicyclic) bond motifs is 1. The standard InChI is InChI=1S/C23H27N5O5S/c1-7-33-20(31)13-10-8-9-11-14(13)24-15(29)12-34-18-16-17(25-21(26-18)23(2,3)4)27(5)22(32)28(6)19(16)30/h8-11H,7,12H2,1-6H3,(H,24,29). The number of anilines is 1. The maximum Gasteiger partial charge on any atom is 0.340 e. The first kappa shape index (κ1) is 25.2. The molecule has 3 aromatic rings. The molecule has 0 fully saturated rings. The molecule has 2 heterocycles. The molecule has 1 aromatic carbocycles. The lowest BCUT2D eigenvalue weighted by Gasteiger charge is -2.19. The summed E-state index contributed by atoms with van der Waals surface area (Å²) in [6.07, 6.45) is 0. The molecule has 3 rings (SSSR count). The number of hydrogen-bond donors (Lipinski definition) is 1. The van der Waals surface area contributed by atoms with Crippen molar-refractivity contribution in [1.82, 2.24) is 19.1 Å². The van der Waals surface area contributed by atoms with Crippen molar-refractivity contribution in [3.05, 3.63) is 56.5 Å². The molecule has 11 heteroatoms. The second-order valence-corrected chi connectivity index (χ2v) is 9.57. The molecule has 0 radical (unpaired) electrons. The van der Waals surface area contributed by atoms with Crippen LogP contribution in [0.5, 0.6) is 0 Å². The number of carbonyl (C=O) groups is 2. The molecule has 0 atom stereocenters. The van der Waals surface area contributed by atoms with Gasteiger partial charge in [-0.15, -0.1) is 0 Å². The van der Waals surface area contributed by atoms with Crippen molar-refractivity contribution in [2.24, 2.45) is 14.1 Å². The highest BCUT2D eigenvalue weighted by molar-refractivity contribution is 8.00. The van der Waals surface area contributed by atoms with E-state index in [9.17, 15) is 19.2 Å². The van der Waals surface area contributed by atoms with Crippen molar-refractivity contribution in [3.8, 4) is 0 Å². The summed E-state index contributed by atoms with van der Waals surface area (Å²) in [6.45, 7) is 7.67. The van der Waals surface area contributed by atoms with Gasteiger partial charge in [-0.25, -0.2) is 19.6 Å². The molecule has 0 aliphatic heterocycles. The van der Waals surface area contributed by atoms with Crippen LogP contribution >= 0.6 is 11.8 Å². The third-order valence-corrected chi connectivity index (χ3v) is 5.95. The summed E-state index contributed by atoms with van der Waals surface area (Å²) < 4.78 is 7.33. The maximum absolute atomic E-state index is 12.9. The molecule has 1 N–H and O–H groups in total. The van der Waals surface area contributed by atoms with E-state index in [1.807, 2.05) is 20.8 Å². The molecule has 0 aliphatic carbocycles. The van der Waals surface area contributed by atoms with Crippen molar-refractivity contribution in [3.63, 3.8) is 0 Å². The maximum atomic E-state index is 12.9. The van der Waals surface area contributed by atoms with Crippen LogP contribution in [-0.4, -0.2) is 43.3 Å². The summed E-state index contributed by atoms with van der Waals surface area (Å²) in [6, 6.07) is 6.55. The summed E-state index contributed by atoms with van der Waals surface area (Å²) in [4.78, 5) is 59.3. The number of aromatic nitrogens is 4. The third kappa shape index (κ3) is 5.04. The van der Waals surface area contributed by atoms with E-state index in [0.717, 1.165) is 16.3 Å². The fourth-order valence-corrected chi connectivity index (χ4v) is 3.98. The van der Waals surface area contributed by atoms with Crippen molar-refractivity contribution in [2.45, 2.75) is 38.1 Å². The summed E-state index contributed by atoms with van der Waals surface area (Å²) in [5.74, 6) is -0.572. The Bertz CT molecular complexity index is 1390. The first-order chi connectivity index (χ1) is 16.0. The van der Waals surface area contributed by atoms with Gasteiger partial charge in [0.05, 0.1) is 23.6 Å². The Balaban J connectivity index is 1.97. The molecule has 0 spiro atoms. The quantitative estimate of drug-likeness (QED) is 0.320. The van der Waals surface area contributed by atoms with Gasteiger partial charge >= 0.3 is 11.7 Å². The molecule has 34 heavy (non-hydrogen) atoms. The Labute approximate surface area is 200 Å². The largest absolute Gasteiger partial charge is 0.462 e. The van der Waals surface area contributed by atoms with Gasteiger partial charge in [0.15, 0.2) is 5.65 Å². The second-order valence-electron chi connectivity index (χ2n) is 8.61. The predicted octanol–water partition coefficient (Wildman–Crippen LogP) is 2.23. The lowest BCUT2D eigenvalue weighted by molar-refractivity contribution is -0.113. The lowest BCUT2D eigenvalue weighted by Crippen LogP contribution is -2.38. The average molecular weight is 486 g/mol. The third-order valence-electron chi connectivity index (χ3n) is 4.97. The lowest BCUT2D eigenvalue weighted by atomic mass is 9.96. The van der Waals surface area contributed by atoms with Crippen molar-refractivity contribution >= 4 is 40.4 Å². The summed E-state index contributed by atoms with van der Waals surface area (Å²) in [5.41, 5.74) is -0.707. The Hall–Kier alpha value is -3.47. The number of thioether (sulfide) groups is 1. The molecule has 1 amide bonds. The Morgan fingerprint density at radius 3 is 2.41 bits per heavy atom. The number of carbonyl (C=O) groups excluding carboxylic acids is 2. The molecule has 0 saturated heterocycles. The van der Waals surface area contributed by atoms with Gasteiger partial charge in [0.25, 0.3) is 5.56 Å². The number of esters is 1. The number of hydrogen-bond acceptors (Lipinski definition) is 8. The molecule has 180 valence electrons.